The number of ether oxygens (including phenoxy) is 1. The number of anilines is 1. The number of fused-ring (bicyclic) bond motifs is 1. The highest BCUT2D eigenvalue weighted by molar-refractivity contribution is 5.97. The lowest BCUT2D eigenvalue weighted by Crippen LogP contribution is -2.44. The van der Waals surface area contributed by atoms with Gasteiger partial charge < -0.3 is 20.7 Å². The molecule has 0 unspecified atom stereocenters. The van der Waals surface area contributed by atoms with Gasteiger partial charge in [0.1, 0.15) is 5.75 Å². The number of carbonyl (C=O) groups is 2. The second-order valence-electron chi connectivity index (χ2n) is 6.24. The minimum atomic E-state index is -0.580. The van der Waals surface area contributed by atoms with Gasteiger partial charge in [0.25, 0.3) is 5.91 Å². The molecule has 3 rings (SSSR count). The molecule has 0 bridgehead atoms. The van der Waals surface area contributed by atoms with Crippen LogP contribution >= 0.6 is 0 Å². The third kappa shape index (κ3) is 4.40. The largest absolute Gasteiger partial charge is 0.482 e. The Labute approximate surface area is 152 Å². The second-order valence-corrected chi connectivity index (χ2v) is 6.24. The molecular formula is C20H23N3O3. The van der Waals surface area contributed by atoms with Crippen molar-refractivity contribution < 1.29 is 14.3 Å². The van der Waals surface area contributed by atoms with Gasteiger partial charge in [0.15, 0.2) is 6.61 Å². The summed E-state index contributed by atoms with van der Waals surface area (Å²) in [5.74, 6) is 0.458. The molecular weight excluding hydrogens is 330 g/mol. The van der Waals surface area contributed by atoms with Gasteiger partial charge >= 0.3 is 0 Å². The Balaban J connectivity index is 1.45. The first-order valence-corrected chi connectivity index (χ1v) is 8.74. The van der Waals surface area contributed by atoms with Crippen LogP contribution in [-0.2, 0) is 16.0 Å². The number of benzene rings is 2. The molecule has 0 radical (unpaired) electrons. The topological polar surface area (TPSA) is 84.7 Å². The average molecular weight is 353 g/mol. The highest BCUT2D eigenvalue weighted by atomic mass is 16.5. The predicted molar refractivity (Wildman–Crippen MR) is 100 cm³/mol. The summed E-state index contributed by atoms with van der Waals surface area (Å²) in [4.78, 5) is 25.9. The van der Waals surface area contributed by atoms with Crippen LogP contribution in [0.25, 0.3) is 0 Å². The molecule has 2 aromatic rings. The number of nitrogens with zero attached hydrogens (tertiary/aromatic N) is 1. The third-order valence-corrected chi connectivity index (χ3v) is 4.30. The fraction of sp³-hybridized carbons (Fsp3) is 0.300. The maximum Gasteiger partial charge on any atom is 0.265 e. The van der Waals surface area contributed by atoms with Crippen molar-refractivity contribution in [2.45, 2.75) is 18.9 Å². The lowest BCUT2D eigenvalue weighted by atomic mass is 10.1. The molecule has 0 aromatic heterocycles. The Morgan fingerprint density at radius 2 is 1.88 bits per heavy atom. The van der Waals surface area contributed by atoms with Crippen LogP contribution in [0.4, 0.5) is 5.69 Å². The minimum Gasteiger partial charge on any atom is -0.482 e. The van der Waals surface area contributed by atoms with E-state index in [9.17, 15) is 9.59 Å². The van der Waals surface area contributed by atoms with Gasteiger partial charge in [-0.15, -0.1) is 0 Å². The summed E-state index contributed by atoms with van der Waals surface area (Å²) < 4.78 is 5.42. The first-order chi connectivity index (χ1) is 12.6. The Kier molecular flexibility index (Phi) is 5.86. The Morgan fingerprint density at radius 3 is 2.69 bits per heavy atom. The van der Waals surface area contributed by atoms with Gasteiger partial charge in [0, 0.05) is 13.1 Å². The van der Waals surface area contributed by atoms with Crippen LogP contribution in [0.15, 0.2) is 54.6 Å². The molecule has 0 spiro atoms. The number of para-hydroxylation sites is 2. The number of rotatable bonds is 7. The van der Waals surface area contributed by atoms with E-state index in [-0.39, 0.29) is 18.4 Å². The van der Waals surface area contributed by atoms with Gasteiger partial charge in [-0.25, -0.2) is 0 Å². The number of amides is 2. The third-order valence-electron chi connectivity index (χ3n) is 4.30. The molecule has 3 N–H and O–H groups in total. The number of nitrogens with two attached hydrogens (primary N) is 1. The van der Waals surface area contributed by atoms with Crippen LogP contribution in [0.3, 0.4) is 0 Å². The lowest BCUT2D eigenvalue weighted by Gasteiger charge is -2.29. The monoisotopic (exact) mass is 353 g/mol. The number of nitrogens with one attached hydrogen (secondary N) is 1. The molecule has 1 aliphatic rings. The van der Waals surface area contributed by atoms with E-state index < -0.39 is 6.04 Å². The highest BCUT2D eigenvalue weighted by Crippen LogP contribution is 2.31. The van der Waals surface area contributed by atoms with E-state index in [1.807, 2.05) is 54.6 Å². The Morgan fingerprint density at radius 1 is 1.15 bits per heavy atom. The lowest BCUT2D eigenvalue weighted by molar-refractivity contribution is -0.122. The smallest absolute Gasteiger partial charge is 0.265 e. The zero-order valence-electron chi connectivity index (χ0n) is 14.6. The number of hydrogen-bond acceptors (Lipinski definition) is 4. The van der Waals surface area contributed by atoms with Gasteiger partial charge in [-0.2, -0.15) is 0 Å². The summed E-state index contributed by atoms with van der Waals surface area (Å²) in [6, 6.07) is 16.6. The summed E-state index contributed by atoms with van der Waals surface area (Å²) in [6.07, 6.45) is 1.14. The van der Waals surface area contributed by atoms with Crippen molar-refractivity contribution in [3.05, 3.63) is 60.2 Å². The Hall–Kier alpha value is -2.86. The summed E-state index contributed by atoms with van der Waals surface area (Å²) in [7, 11) is 0. The fourth-order valence-corrected chi connectivity index (χ4v) is 2.94. The van der Waals surface area contributed by atoms with Crippen LogP contribution in [0.2, 0.25) is 0 Å². The van der Waals surface area contributed by atoms with E-state index in [0.29, 0.717) is 31.7 Å². The van der Waals surface area contributed by atoms with E-state index in [1.54, 1.807) is 4.90 Å². The average Bonchev–Trinajstić information content (AvgIpc) is 2.67. The molecule has 0 saturated carbocycles. The molecule has 0 aliphatic carbocycles. The van der Waals surface area contributed by atoms with E-state index >= 15 is 0 Å². The molecule has 6 heteroatoms. The van der Waals surface area contributed by atoms with Crippen LogP contribution in [0.5, 0.6) is 5.75 Å². The van der Waals surface area contributed by atoms with Crippen molar-refractivity contribution in [1.29, 1.82) is 0 Å². The standard InChI is InChI=1S/C20H23N3O3/c21-16(13-15-7-2-1-3-8-15)20(25)22-11-6-12-23-17-9-4-5-10-18(17)26-14-19(23)24/h1-5,7-10,16H,6,11-14,21H2,(H,22,25)/t16-/m0/s1. The van der Waals surface area contributed by atoms with Gasteiger partial charge in [-0.3, -0.25) is 9.59 Å². The van der Waals surface area contributed by atoms with E-state index in [1.165, 1.54) is 0 Å². The number of carbonyl (C=O) groups excluding carboxylic acids is 2. The first-order valence-electron chi connectivity index (χ1n) is 8.74. The second kappa shape index (κ2) is 8.49. The van der Waals surface area contributed by atoms with Crippen molar-refractivity contribution in [3.8, 4) is 5.75 Å². The molecule has 1 atom stereocenters. The molecule has 0 fully saturated rings. The Bertz CT molecular complexity index is 764. The molecule has 1 heterocycles. The summed E-state index contributed by atoms with van der Waals surface area (Å²) in [5, 5.41) is 2.85. The molecule has 26 heavy (non-hydrogen) atoms. The zero-order chi connectivity index (χ0) is 18.4. The van der Waals surface area contributed by atoms with E-state index in [0.717, 1.165) is 11.3 Å². The van der Waals surface area contributed by atoms with Gasteiger partial charge in [0.2, 0.25) is 5.91 Å². The quantitative estimate of drug-likeness (QED) is 0.739. The van der Waals surface area contributed by atoms with Crippen molar-refractivity contribution in [3.63, 3.8) is 0 Å². The molecule has 2 amide bonds. The first kappa shape index (κ1) is 17.9. The van der Waals surface area contributed by atoms with Gasteiger partial charge in [0.05, 0.1) is 11.7 Å². The zero-order valence-corrected chi connectivity index (χ0v) is 14.6. The number of hydrogen-bond donors (Lipinski definition) is 2. The molecule has 0 saturated heterocycles. The molecule has 136 valence electrons. The van der Waals surface area contributed by atoms with Crippen LogP contribution in [0.1, 0.15) is 12.0 Å². The van der Waals surface area contributed by atoms with Gasteiger partial charge in [-0.1, -0.05) is 42.5 Å². The van der Waals surface area contributed by atoms with Crippen molar-refractivity contribution in [2.24, 2.45) is 5.73 Å². The van der Waals surface area contributed by atoms with E-state index in [2.05, 4.69) is 5.32 Å². The maximum absolute atomic E-state index is 12.1. The molecule has 2 aromatic carbocycles. The normalized spacial score (nSPS) is 14.3. The summed E-state index contributed by atoms with van der Waals surface area (Å²) in [6.45, 7) is 1.03. The van der Waals surface area contributed by atoms with Crippen LogP contribution < -0.4 is 20.7 Å². The predicted octanol–water partition coefficient (Wildman–Crippen LogP) is 1.49. The van der Waals surface area contributed by atoms with Crippen molar-refractivity contribution in [2.75, 3.05) is 24.6 Å². The maximum atomic E-state index is 12.1. The van der Waals surface area contributed by atoms with Crippen molar-refractivity contribution in [1.82, 2.24) is 5.32 Å². The van der Waals surface area contributed by atoms with Crippen LogP contribution in [-0.4, -0.2) is 37.6 Å². The molecule has 6 nitrogen and oxygen atoms in total. The fourth-order valence-electron chi connectivity index (χ4n) is 2.94. The minimum absolute atomic E-state index is 0.0469. The summed E-state index contributed by atoms with van der Waals surface area (Å²) >= 11 is 0. The SMILES string of the molecule is N[C@@H](Cc1ccccc1)C(=O)NCCCN1C(=O)COc2ccccc21. The highest BCUT2D eigenvalue weighted by Gasteiger charge is 2.24. The van der Waals surface area contributed by atoms with Crippen LogP contribution in [0, 0.1) is 0 Å². The summed E-state index contributed by atoms with van der Waals surface area (Å²) in [5.41, 5.74) is 7.77. The van der Waals surface area contributed by atoms with Crippen molar-refractivity contribution >= 4 is 17.5 Å². The molecule has 1 aliphatic heterocycles. The van der Waals surface area contributed by atoms with Gasteiger partial charge in [-0.05, 0) is 30.5 Å². The van der Waals surface area contributed by atoms with E-state index in [4.69, 9.17) is 10.5 Å².